The number of nitriles is 1. The monoisotopic (exact) mass is 330 g/mol. The zero-order valence-electron chi connectivity index (χ0n) is 14.6. The second kappa shape index (κ2) is 8.55. The molecule has 1 aromatic carbocycles. The summed E-state index contributed by atoms with van der Waals surface area (Å²) in [4.78, 5) is 14.0. The van der Waals surface area contributed by atoms with Crippen molar-refractivity contribution in [2.75, 3.05) is 36.9 Å². The number of nitrogens with one attached hydrogen (secondary N) is 2. The van der Waals surface area contributed by atoms with E-state index in [2.05, 4.69) is 35.5 Å². The number of amides is 1. The Balaban J connectivity index is 2.04. The fraction of sp³-hybridized carbons (Fsp3) is 0.556. The Morgan fingerprint density at radius 1 is 1.46 bits per heavy atom. The number of piperidine rings is 1. The summed E-state index contributed by atoms with van der Waals surface area (Å²) >= 11 is 0. The van der Waals surface area contributed by atoms with Crippen LogP contribution in [0.2, 0.25) is 0 Å². The summed E-state index contributed by atoms with van der Waals surface area (Å²) in [6, 6.07) is 7.93. The van der Waals surface area contributed by atoms with Gasteiger partial charge in [-0.3, -0.25) is 5.32 Å². The first-order valence-corrected chi connectivity index (χ1v) is 8.54. The predicted octanol–water partition coefficient (Wildman–Crippen LogP) is 3.27. The maximum atomic E-state index is 11.5. The molecule has 2 atom stereocenters. The second-order valence-corrected chi connectivity index (χ2v) is 6.13. The summed E-state index contributed by atoms with van der Waals surface area (Å²) in [5.74, 6) is 0.543. The van der Waals surface area contributed by atoms with Crippen molar-refractivity contribution >= 4 is 17.5 Å². The smallest absolute Gasteiger partial charge is 0.411 e. The lowest BCUT2D eigenvalue weighted by Gasteiger charge is -2.37. The molecule has 0 radical (unpaired) electrons. The summed E-state index contributed by atoms with van der Waals surface area (Å²) in [6.45, 7) is 9.73. The van der Waals surface area contributed by atoms with E-state index >= 15 is 0 Å². The van der Waals surface area contributed by atoms with Crippen LogP contribution in [0.3, 0.4) is 0 Å². The van der Waals surface area contributed by atoms with Crippen LogP contribution in [0.1, 0.15) is 32.8 Å². The van der Waals surface area contributed by atoms with Crippen LogP contribution in [-0.2, 0) is 4.74 Å². The molecule has 24 heavy (non-hydrogen) atoms. The van der Waals surface area contributed by atoms with Crippen LogP contribution in [-0.4, -0.2) is 43.3 Å². The van der Waals surface area contributed by atoms with E-state index in [4.69, 9.17) is 4.74 Å². The Kier molecular flexibility index (Phi) is 6.44. The number of hydrogen-bond acceptors (Lipinski definition) is 5. The standard InChI is InChI=1S/C18H26N4O2/c1-4-22-9-8-16(13(3)12-22)20-15-6-7-17(14(10-15)11-19)21-18(23)24-5-2/h6-7,10,13,16,20H,4-5,8-9,12H2,1-3H3,(H,21,23)/t13-,16+/m0/s1. The summed E-state index contributed by atoms with van der Waals surface area (Å²) in [7, 11) is 0. The third-order valence-electron chi connectivity index (χ3n) is 4.44. The number of likely N-dealkylation sites (tertiary alicyclic amines) is 1. The van der Waals surface area contributed by atoms with Crippen LogP contribution in [0.5, 0.6) is 0 Å². The Labute approximate surface area is 143 Å². The van der Waals surface area contributed by atoms with E-state index in [1.165, 1.54) is 0 Å². The first kappa shape index (κ1) is 18.1. The normalized spacial score (nSPS) is 20.9. The molecule has 130 valence electrons. The van der Waals surface area contributed by atoms with Crippen molar-refractivity contribution in [3.05, 3.63) is 23.8 Å². The third-order valence-corrected chi connectivity index (χ3v) is 4.44. The summed E-state index contributed by atoms with van der Waals surface area (Å²) < 4.78 is 4.85. The van der Waals surface area contributed by atoms with Crippen LogP contribution in [0, 0.1) is 17.2 Å². The molecule has 1 aliphatic rings. The van der Waals surface area contributed by atoms with Crippen LogP contribution < -0.4 is 10.6 Å². The minimum absolute atomic E-state index is 0.293. The highest BCUT2D eigenvalue weighted by atomic mass is 16.5. The molecular weight excluding hydrogens is 304 g/mol. The van der Waals surface area contributed by atoms with Gasteiger partial charge in [0, 0.05) is 24.8 Å². The average molecular weight is 330 g/mol. The number of nitrogens with zero attached hydrogens (tertiary/aromatic N) is 2. The van der Waals surface area contributed by atoms with E-state index in [0.717, 1.165) is 31.7 Å². The average Bonchev–Trinajstić information content (AvgIpc) is 2.58. The Hall–Kier alpha value is -2.26. The fourth-order valence-corrected chi connectivity index (χ4v) is 3.06. The van der Waals surface area contributed by atoms with Crippen molar-refractivity contribution in [2.24, 2.45) is 5.92 Å². The molecule has 2 rings (SSSR count). The van der Waals surface area contributed by atoms with Crippen LogP contribution >= 0.6 is 0 Å². The van der Waals surface area contributed by atoms with E-state index in [1.807, 2.05) is 6.07 Å². The summed E-state index contributed by atoms with van der Waals surface area (Å²) in [5.41, 5.74) is 1.80. The molecule has 6 nitrogen and oxygen atoms in total. The van der Waals surface area contributed by atoms with Gasteiger partial charge in [-0.1, -0.05) is 13.8 Å². The van der Waals surface area contributed by atoms with E-state index in [0.29, 0.717) is 29.8 Å². The molecule has 0 unspecified atom stereocenters. The molecule has 0 aromatic heterocycles. The molecule has 1 fully saturated rings. The maximum Gasteiger partial charge on any atom is 0.411 e. The van der Waals surface area contributed by atoms with Gasteiger partial charge in [0.25, 0.3) is 0 Å². The van der Waals surface area contributed by atoms with Gasteiger partial charge in [-0.2, -0.15) is 5.26 Å². The highest BCUT2D eigenvalue weighted by Crippen LogP contribution is 2.24. The fourth-order valence-electron chi connectivity index (χ4n) is 3.06. The lowest BCUT2D eigenvalue weighted by atomic mass is 9.93. The predicted molar refractivity (Wildman–Crippen MR) is 95.1 cm³/mol. The number of hydrogen-bond donors (Lipinski definition) is 2. The van der Waals surface area contributed by atoms with Gasteiger partial charge in [-0.05, 0) is 44.0 Å². The quantitative estimate of drug-likeness (QED) is 0.866. The SMILES string of the molecule is CCOC(=O)Nc1ccc(N[C@@H]2CCN(CC)C[C@@H]2C)cc1C#N. The van der Waals surface area contributed by atoms with Crippen molar-refractivity contribution in [3.63, 3.8) is 0 Å². The van der Waals surface area contributed by atoms with Crippen LogP contribution in [0.4, 0.5) is 16.2 Å². The summed E-state index contributed by atoms with van der Waals surface area (Å²) in [5, 5.41) is 15.5. The van der Waals surface area contributed by atoms with Crippen molar-refractivity contribution in [1.82, 2.24) is 4.90 Å². The first-order chi connectivity index (χ1) is 11.6. The molecule has 1 heterocycles. The number of carbonyl (C=O) groups excluding carboxylic acids is 1. The van der Waals surface area contributed by atoms with Crippen molar-refractivity contribution in [3.8, 4) is 6.07 Å². The highest BCUT2D eigenvalue weighted by molar-refractivity contribution is 5.87. The number of benzene rings is 1. The van der Waals surface area contributed by atoms with Gasteiger partial charge in [-0.15, -0.1) is 0 Å². The zero-order valence-corrected chi connectivity index (χ0v) is 14.6. The maximum absolute atomic E-state index is 11.5. The van der Waals surface area contributed by atoms with Crippen molar-refractivity contribution in [2.45, 2.75) is 33.2 Å². The van der Waals surface area contributed by atoms with E-state index in [9.17, 15) is 10.1 Å². The van der Waals surface area contributed by atoms with Gasteiger partial charge in [0.05, 0.1) is 17.9 Å². The third kappa shape index (κ3) is 4.62. The topological polar surface area (TPSA) is 77.4 Å². The lowest BCUT2D eigenvalue weighted by Crippen LogP contribution is -2.45. The largest absolute Gasteiger partial charge is 0.450 e. The number of ether oxygens (including phenoxy) is 1. The van der Waals surface area contributed by atoms with Crippen molar-refractivity contribution in [1.29, 1.82) is 5.26 Å². The summed E-state index contributed by atoms with van der Waals surface area (Å²) in [6.07, 6.45) is 0.537. The van der Waals surface area contributed by atoms with E-state index in [-0.39, 0.29) is 0 Å². The van der Waals surface area contributed by atoms with Crippen LogP contribution in [0.25, 0.3) is 0 Å². The molecule has 1 aromatic rings. The highest BCUT2D eigenvalue weighted by Gasteiger charge is 2.25. The van der Waals surface area contributed by atoms with Gasteiger partial charge < -0.3 is 15.0 Å². The van der Waals surface area contributed by atoms with Gasteiger partial charge >= 0.3 is 6.09 Å². The Morgan fingerprint density at radius 3 is 2.88 bits per heavy atom. The van der Waals surface area contributed by atoms with Gasteiger partial charge in [-0.25, -0.2) is 4.79 Å². The van der Waals surface area contributed by atoms with Crippen LogP contribution in [0.15, 0.2) is 18.2 Å². The second-order valence-electron chi connectivity index (χ2n) is 6.13. The number of anilines is 2. The Bertz CT molecular complexity index is 612. The van der Waals surface area contributed by atoms with Gasteiger partial charge in [0.2, 0.25) is 0 Å². The minimum Gasteiger partial charge on any atom is -0.450 e. The molecule has 0 spiro atoms. The molecule has 6 heteroatoms. The molecule has 0 aliphatic carbocycles. The lowest BCUT2D eigenvalue weighted by molar-refractivity contribution is 0.168. The Morgan fingerprint density at radius 2 is 2.25 bits per heavy atom. The number of carbonyl (C=O) groups is 1. The first-order valence-electron chi connectivity index (χ1n) is 8.54. The molecule has 0 bridgehead atoms. The number of rotatable bonds is 5. The molecule has 1 aliphatic heterocycles. The zero-order chi connectivity index (χ0) is 17.5. The minimum atomic E-state index is -0.546. The molecule has 2 N–H and O–H groups in total. The van der Waals surface area contributed by atoms with Gasteiger partial charge in [0.1, 0.15) is 6.07 Å². The van der Waals surface area contributed by atoms with E-state index in [1.54, 1.807) is 19.1 Å². The van der Waals surface area contributed by atoms with E-state index < -0.39 is 6.09 Å². The molecule has 1 saturated heterocycles. The molecule has 1 amide bonds. The molecule has 0 saturated carbocycles. The van der Waals surface area contributed by atoms with Gasteiger partial charge in [0.15, 0.2) is 0 Å². The molecular formula is C18H26N4O2. The van der Waals surface area contributed by atoms with Crippen molar-refractivity contribution < 1.29 is 9.53 Å².